The fraction of sp³-hybridized carbons (Fsp3) is 0.708. The summed E-state index contributed by atoms with van der Waals surface area (Å²) in [5, 5.41) is 0. The van der Waals surface area contributed by atoms with Crippen molar-refractivity contribution in [2.45, 2.75) is 75.5 Å². The van der Waals surface area contributed by atoms with Crippen molar-refractivity contribution >= 4 is 15.9 Å². The third-order valence-corrected chi connectivity index (χ3v) is 8.81. The van der Waals surface area contributed by atoms with Gasteiger partial charge in [-0.3, -0.25) is 9.69 Å². The van der Waals surface area contributed by atoms with Crippen LogP contribution in [0.5, 0.6) is 0 Å². The number of carbonyl (C=O) groups is 1. The predicted octanol–water partition coefficient (Wildman–Crippen LogP) is 2.50. The van der Waals surface area contributed by atoms with Crippen molar-refractivity contribution in [3.8, 4) is 0 Å². The van der Waals surface area contributed by atoms with E-state index in [9.17, 15) is 13.2 Å². The van der Waals surface area contributed by atoms with Crippen LogP contribution in [0.25, 0.3) is 0 Å². The SMILES string of the molecule is CC1CN(CC2CCCN2C(=O)Cc2ccc(S(=O)(=O)N3CCCCC3)cc2)CC(C)O1. The smallest absolute Gasteiger partial charge is 0.243 e. The van der Waals surface area contributed by atoms with Crippen LogP contribution < -0.4 is 0 Å². The summed E-state index contributed by atoms with van der Waals surface area (Å²) in [6.45, 7) is 8.94. The first-order chi connectivity index (χ1) is 15.3. The van der Waals surface area contributed by atoms with Crippen LogP contribution in [0.1, 0.15) is 51.5 Å². The van der Waals surface area contributed by atoms with Gasteiger partial charge in [0, 0.05) is 45.3 Å². The molecular weight excluding hydrogens is 426 g/mol. The number of morpholine rings is 1. The molecule has 3 aliphatic heterocycles. The summed E-state index contributed by atoms with van der Waals surface area (Å²) < 4.78 is 33.1. The van der Waals surface area contributed by atoms with Crippen LogP contribution >= 0.6 is 0 Å². The van der Waals surface area contributed by atoms with E-state index in [4.69, 9.17) is 4.74 Å². The molecule has 1 aromatic carbocycles. The Morgan fingerprint density at radius 2 is 1.62 bits per heavy atom. The minimum Gasteiger partial charge on any atom is -0.373 e. The summed E-state index contributed by atoms with van der Waals surface area (Å²) in [6, 6.07) is 7.16. The van der Waals surface area contributed by atoms with Gasteiger partial charge < -0.3 is 9.64 Å². The number of rotatable bonds is 6. The van der Waals surface area contributed by atoms with Gasteiger partial charge in [0.25, 0.3) is 0 Å². The molecule has 3 unspecified atom stereocenters. The zero-order chi connectivity index (χ0) is 22.7. The number of likely N-dealkylation sites (tertiary alicyclic amines) is 1. The standard InChI is InChI=1S/C24H37N3O4S/c1-19-16-25(17-20(2)31-19)18-22-7-6-14-27(22)24(28)15-21-8-10-23(11-9-21)32(29,30)26-12-4-3-5-13-26/h8-11,19-20,22H,3-7,12-18H2,1-2H3. The molecule has 0 radical (unpaired) electrons. The van der Waals surface area contributed by atoms with Crippen LogP contribution in [0.3, 0.4) is 0 Å². The highest BCUT2D eigenvalue weighted by atomic mass is 32.2. The van der Waals surface area contributed by atoms with E-state index in [1.54, 1.807) is 28.6 Å². The molecule has 1 amide bonds. The van der Waals surface area contributed by atoms with Gasteiger partial charge in [0.2, 0.25) is 15.9 Å². The van der Waals surface area contributed by atoms with Crippen molar-refractivity contribution in [3.05, 3.63) is 29.8 Å². The summed E-state index contributed by atoms with van der Waals surface area (Å²) in [5.74, 6) is 0.133. The molecule has 8 heteroatoms. The second-order valence-corrected chi connectivity index (χ2v) is 11.6. The van der Waals surface area contributed by atoms with Crippen LogP contribution in [-0.2, 0) is 26.0 Å². The molecule has 7 nitrogen and oxygen atoms in total. The maximum absolute atomic E-state index is 13.1. The Morgan fingerprint density at radius 3 is 2.28 bits per heavy atom. The van der Waals surface area contributed by atoms with Gasteiger partial charge in [-0.15, -0.1) is 0 Å². The summed E-state index contributed by atoms with van der Waals surface area (Å²) >= 11 is 0. The molecule has 0 N–H and O–H groups in total. The van der Waals surface area contributed by atoms with Crippen molar-refractivity contribution in [1.29, 1.82) is 0 Å². The highest BCUT2D eigenvalue weighted by Crippen LogP contribution is 2.23. The van der Waals surface area contributed by atoms with E-state index in [-0.39, 0.29) is 24.2 Å². The molecule has 0 aromatic heterocycles. The van der Waals surface area contributed by atoms with Crippen molar-refractivity contribution in [2.24, 2.45) is 0 Å². The molecule has 0 bridgehead atoms. The minimum absolute atomic E-state index is 0.133. The molecule has 178 valence electrons. The van der Waals surface area contributed by atoms with E-state index in [2.05, 4.69) is 18.7 Å². The third kappa shape index (κ3) is 5.53. The Labute approximate surface area is 192 Å². The molecule has 0 saturated carbocycles. The van der Waals surface area contributed by atoms with Gasteiger partial charge in [0.15, 0.2) is 0 Å². The Morgan fingerprint density at radius 1 is 0.969 bits per heavy atom. The Kier molecular flexibility index (Phi) is 7.54. The topological polar surface area (TPSA) is 70.2 Å². The number of benzene rings is 1. The minimum atomic E-state index is -3.43. The second kappa shape index (κ2) is 10.2. The highest BCUT2D eigenvalue weighted by molar-refractivity contribution is 7.89. The molecule has 3 aliphatic rings. The van der Waals surface area contributed by atoms with Crippen LogP contribution in [0.2, 0.25) is 0 Å². The molecule has 3 fully saturated rings. The fourth-order valence-electron chi connectivity index (χ4n) is 5.40. The van der Waals surface area contributed by atoms with Gasteiger partial charge in [0.1, 0.15) is 0 Å². The van der Waals surface area contributed by atoms with Gasteiger partial charge in [0.05, 0.1) is 23.5 Å². The van der Waals surface area contributed by atoms with E-state index < -0.39 is 10.0 Å². The zero-order valence-corrected chi connectivity index (χ0v) is 20.2. The lowest BCUT2D eigenvalue weighted by Crippen LogP contribution is -2.51. The quantitative estimate of drug-likeness (QED) is 0.648. The molecule has 3 atom stereocenters. The Balaban J connectivity index is 1.35. The molecule has 0 aliphatic carbocycles. The average molecular weight is 464 g/mol. The molecule has 4 rings (SSSR count). The number of hydrogen-bond donors (Lipinski definition) is 0. The van der Waals surface area contributed by atoms with Gasteiger partial charge in [-0.1, -0.05) is 18.6 Å². The predicted molar refractivity (Wildman–Crippen MR) is 124 cm³/mol. The maximum Gasteiger partial charge on any atom is 0.243 e. The van der Waals surface area contributed by atoms with E-state index in [0.717, 1.165) is 63.8 Å². The molecule has 1 aromatic rings. The number of ether oxygens (including phenoxy) is 1. The highest BCUT2D eigenvalue weighted by Gasteiger charge is 2.32. The molecular formula is C24H37N3O4S. The molecule has 0 spiro atoms. The largest absolute Gasteiger partial charge is 0.373 e. The normalized spacial score (nSPS) is 28.2. The van der Waals surface area contributed by atoms with Crippen molar-refractivity contribution < 1.29 is 17.9 Å². The number of piperidine rings is 1. The summed E-state index contributed by atoms with van der Waals surface area (Å²) in [4.78, 5) is 17.9. The van der Waals surface area contributed by atoms with Gasteiger partial charge in [-0.25, -0.2) is 8.42 Å². The van der Waals surface area contributed by atoms with E-state index in [1.807, 2.05) is 4.90 Å². The van der Waals surface area contributed by atoms with Crippen molar-refractivity contribution in [3.63, 3.8) is 0 Å². The Bertz CT molecular complexity index is 873. The summed E-state index contributed by atoms with van der Waals surface area (Å²) in [6.07, 6.45) is 5.78. The van der Waals surface area contributed by atoms with E-state index >= 15 is 0 Å². The molecule has 3 heterocycles. The lowest BCUT2D eigenvalue weighted by Gasteiger charge is -2.38. The van der Waals surface area contributed by atoms with Crippen LogP contribution in [0, 0.1) is 0 Å². The van der Waals surface area contributed by atoms with Crippen molar-refractivity contribution in [1.82, 2.24) is 14.1 Å². The van der Waals surface area contributed by atoms with Crippen molar-refractivity contribution in [2.75, 3.05) is 39.3 Å². The monoisotopic (exact) mass is 463 g/mol. The van der Waals surface area contributed by atoms with E-state index in [0.29, 0.717) is 24.4 Å². The van der Waals surface area contributed by atoms with Crippen LogP contribution in [-0.4, -0.2) is 85.9 Å². The molecule has 32 heavy (non-hydrogen) atoms. The first kappa shape index (κ1) is 23.7. The summed E-state index contributed by atoms with van der Waals surface area (Å²) in [5.41, 5.74) is 0.867. The third-order valence-electron chi connectivity index (χ3n) is 6.89. The van der Waals surface area contributed by atoms with Gasteiger partial charge in [-0.2, -0.15) is 4.31 Å². The number of hydrogen-bond acceptors (Lipinski definition) is 5. The summed E-state index contributed by atoms with van der Waals surface area (Å²) in [7, 11) is -3.43. The van der Waals surface area contributed by atoms with E-state index in [1.165, 1.54) is 0 Å². The lowest BCUT2D eigenvalue weighted by molar-refractivity contribution is -0.132. The fourth-order valence-corrected chi connectivity index (χ4v) is 6.91. The second-order valence-electron chi connectivity index (χ2n) is 9.64. The maximum atomic E-state index is 13.1. The average Bonchev–Trinajstić information content (AvgIpc) is 3.22. The Hall–Kier alpha value is -1.48. The number of carbonyl (C=O) groups excluding carboxylic acids is 1. The van der Waals surface area contributed by atoms with Gasteiger partial charge >= 0.3 is 0 Å². The zero-order valence-electron chi connectivity index (χ0n) is 19.4. The molecule has 3 saturated heterocycles. The van der Waals surface area contributed by atoms with Gasteiger partial charge in [-0.05, 0) is 57.2 Å². The first-order valence-corrected chi connectivity index (χ1v) is 13.5. The first-order valence-electron chi connectivity index (χ1n) is 12.1. The number of sulfonamides is 1. The lowest BCUT2D eigenvalue weighted by atomic mass is 10.1. The number of nitrogens with zero attached hydrogens (tertiary/aromatic N) is 3. The van der Waals surface area contributed by atoms with Crippen LogP contribution in [0.15, 0.2) is 29.2 Å². The number of amides is 1. The van der Waals surface area contributed by atoms with Crippen LogP contribution in [0.4, 0.5) is 0 Å².